The van der Waals surface area contributed by atoms with Gasteiger partial charge in [-0.15, -0.1) is 0 Å². The van der Waals surface area contributed by atoms with Gasteiger partial charge in [0.05, 0.1) is 31.8 Å². The van der Waals surface area contributed by atoms with Crippen molar-refractivity contribution in [2.75, 3.05) is 24.7 Å². The summed E-state index contributed by atoms with van der Waals surface area (Å²) in [6, 6.07) is 3.71. The second-order valence-corrected chi connectivity index (χ2v) is 5.51. The van der Waals surface area contributed by atoms with Gasteiger partial charge in [-0.25, -0.2) is 0 Å². The van der Waals surface area contributed by atoms with Gasteiger partial charge in [-0.1, -0.05) is 0 Å². The van der Waals surface area contributed by atoms with Crippen LogP contribution in [0.15, 0.2) is 24.5 Å². The van der Waals surface area contributed by atoms with Crippen LogP contribution in [-0.4, -0.2) is 42.9 Å². The fourth-order valence-corrected chi connectivity index (χ4v) is 2.38. The van der Waals surface area contributed by atoms with Crippen molar-refractivity contribution in [1.29, 1.82) is 0 Å². The number of aromatic nitrogens is 1. The smallest absolute Gasteiger partial charge is 0.229 e. The highest BCUT2D eigenvalue weighted by Gasteiger charge is 2.23. The zero-order valence-electron chi connectivity index (χ0n) is 12.8. The van der Waals surface area contributed by atoms with Crippen LogP contribution < -0.4 is 4.90 Å². The summed E-state index contributed by atoms with van der Waals surface area (Å²) in [7, 11) is 0. The molecule has 0 bridgehead atoms. The summed E-state index contributed by atoms with van der Waals surface area (Å²) in [6.07, 6.45) is 6.15. The molecule has 1 amide bonds. The predicted molar refractivity (Wildman–Crippen MR) is 81.3 cm³/mol. The molecule has 0 radical (unpaired) electrons. The van der Waals surface area contributed by atoms with E-state index < -0.39 is 0 Å². The zero-order valence-corrected chi connectivity index (χ0v) is 12.8. The minimum absolute atomic E-state index is 0.0670. The molecule has 0 aromatic carbocycles. The first-order chi connectivity index (χ1) is 10.2. The molecule has 5 heteroatoms. The Morgan fingerprint density at radius 1 is 1.48 bits per heavy atom. The second kappa shape index (κ2) is 8.10. The first-order valence-electron chi connectivity index (χ1n) is 7.60. The van der Waals surface area contributed by atoms with E-state index in [2.05, 4.69) is 4.98 Å². The summed E-state index contributed by atoms with van der Waals surface area (Å²) in [5.41, 5.74) is 0.870. The van der Waals surface area contributed by atoms with Gasteiger partial charge in [0, 0.05) is 24.7 Å². The van der Waals surface area contributed by atoms with Crippen molar-refractivity contribution in [3.05, 3.63) is 24.5 Å². The van der Waals surface area contributed by atoms with E-state index in [0.29, 0.717) is 19.6 Å². The lowest BCUT2D eigenvalue weighted by atomic mass is 10.2. The van der Waals surface area contributed by atoms with E-state index in [1.807, 2.05) is 26.0 Å². The van der Waals surface area contributed by atoms with E-state index in [9.17, 15) is 4.79 Å². The molecule has 1 atom stereocenters. The third-order valence-corrected chi connectivity index (χ3v) is 3.45. The van der Waals surface area contributed by atoms with Crippen molar-refractivity contribution in [3.8, 4) is 0 Å². The molecular formula is C16H24N2O3. The first-order valence-corrected chi connectivity index (χ1v) is 7.60. The highest BCUT2D eigenvalue weighted by molar-refractivity contribution is 5.93. The molecule has 1 aromatic heterocycles. The summed E-state index contributed by atoms with van der Waals surface area (Å²) in [5.74, 6) is 0.0670. The van der Waals surface area contributed by atoms with Crippen LogP contribution in [-0.2, 0) is 14.3 Å². The van der Waals surface area contributed by atoms with E-state index in [1.54, 1.807) is 17.3 Å². The topological polar surface area (TPSA) is 51.7 Å². The molecule has 0 saturated carbocycles. The molecule has 1 aromatic rings. The number of nitrogens with zero attached hydrogens (tertiary/aromatic N) is 2. The summed E-state index contributed by atoms with van der Waals surface area (Å²) in [5, 5.41) is 0. The van der Waals surface area contributed by atoms with Gasteiger partial charge in [-0.3, -0.25) is 9.78 Å². The number of hydrogen-bond acceptors (Lipinski definition) is 4. The molecule has 21 heavy (non-hydrogen) atoms. The maximum atomic E-state index is 12.5. The number of carbonyl (C=O) groups excluding carboxylic acids is 1. The number of carbonyl (C=O) groups is 1. The van der Waals surface area contributed by atoms with E-state index in [1.165, 1.54) is 0 Å². The largest absolute Gasteiger partial charge is 0.378 e. The van der Waals surface area contributed by atoms with Crippen LogP contribution >= 0.6 is 0 Å². The van der Waals surface area contributed by atoms with Crippen molar-refractivity contribution in [2.45, 2.75) is 45.3 Å². The highest BCUT2D eigenvalue weighted by atomic mass is 16.5. The Hall–Kier alpha value is -1.46. The zero-order chi connectivity index (χ0) is 15.1. The van der Waals surface area contributed by atoms with Gasteiger partial charge in [-0.2, -0.15) is 0 Å². The summed E-state index contributed by atoms with van der Waals surface area (Å²) >= 11 is 0. The Kier molecular flexibility index (Phi) is 6.14. The lowest BCUT2D eigenvalue weighted by molar-refractivity contribution is -0.120. The SMILES string of the molecule is CC(C)OCCC(=O)N(CC1CCCO1)c1ccncc1. The lowest BCUT2D eigenvalue weighted by Gasteiger charge is -2.25. The van der Waals surface area contributed by atoms with Crippen molar-refractivity contribution in [3.63, 3.8) is 0 Å². The Bertz CT molecular complexity index is 430. The van der Waals surface area contributed by atoms with Crippen LogP contribution in [0.1, 0.15) is 33.1 Å². The molecule has 1 unspecified atom stereocenters. The summed E-state index contributed by atoms with van der Waals surface area (Å²) < 4.78 is 11.1. The normalized spacial score (nSPS) is 18.1. The van der Waals surface area contributed by atoms with Crippen molar-refractivity contribution in [2.24, 2.45) is 0 Å². The van der Waals surface area contributed by atoms with Crippen LogP contribution in [0.3, 0.4) is 0 Å². The fraction of sp³-hybridized carbons (Fsp3) is 0.625. The average Bonchev–Trinajstić information content (AvgIpc) is 2.98. The van der Waals surface area contributed by atoms with Crippen molar-refractivity contribution in [1.82, 2.24) is 4.98 Å². The standard InChI is InChI=1S/C16H24N2O3/c1-13(2)20-11-7-16(19)18(12-15-4-3-10-21-15)14-5-8-17-9-6-14/h5-6,8-9,13,15H,3-4,7,10-12H2,1-2H3. The minimum Gasteiger partial charge on any atom is -0.378 e. The number of anilines is 1. The molecule has 0 N–H and O–H groups in total. The number of hydrogen-bond donors (Lipinski definition) is 0. The molecule has 1 aliphatic rings. The maximum Gasteiger partial charge on any atom is 0.229 e. The van der Waals surface area contributed by atoms with E-state index in [4.69, 9.17) is 9.47 Å². The summed E-state index contributed by atoms with van der Waals surface area (Å²) in [6.45, 7) is 5.78. The van der Waals surface area contributed by atoms with Gasteiger partial charge < -0.3 is 14.4 Å². The van der Waals surface area contributed by atoms with Gasteiger partial charge in [0.15, 0.2) is 0 Å². The Morgan fingerprint density at radius 3 is 2.86 bits per heavy atom. The van der Waals surface area contributed by atoms with Crippen LogP contribution in [0.4, 0.5) is 5.69 Å². The minimum atomic E-state index is 0.0670. The quantitative estimate of drug-likeness (QED) is 0.774. The van der Waals surface area contributed by atoms with Gasteiger partial charge in [0.25, 0.3) is 0 Å². The molecular weight excluding hydrogens is 268 g/mol. The van der Waals surface area contributed by atoms with E-state index in [0.717, 1.165) is 25.1 Å². The Balaban J connectivity index is 1.98. The molecule has 1 fully saturated rings. The highest BCUT2D eigenvalue weighted by Crippen LogP contribution is 2.19. The average molecular weight is 292 g/mol. The molecule has 0 aliphatic carbocycles. The molecule has 1 aliphatic heterocycles. The van der Waals surface area contributed by atoms with Gasteiger partial charge in [0.2, 0.25) is 5.91 Å². The van der Waals surface area contributed by atoms with Crippen LogP contribution in [0.5, 0.6) is 0 Å². The molecule has 0 spiro atoms. The molecule has 2 heterocycles. The molecule has 5 nitrogen and oxygen atoms in total. The Morgan fingerprint density at radius 2 is 2.24 bits per heavy atom. The van der Waals surface area contributed by atoms with E-state index >= 15 is 0 Å². The van der Waals surface area contributed by atoms with Gasteiger partial charge >= 0.3 is 0 Å². The number of pyridine rings is 1. The number of amides is 1. The second-order valence-electron chi connectivity index (χ2n) is 5.51. The van der Waals surface area contributed by atoms with Crippen molar-refractivity contribution >= 4 is 11.6 Å². The van der Waals surface area contributed by atoms with Crippen molar-refractivity contribution < 1.29 is 14.3 Å². The predicted octanol–water partition coefficient (Wildman–Crippen LogP) is 2.41. The van der Waals surface area contributed by atoms with Gasteiger partial charge in [0.1, 0.15) is 0 Å². The molecule has 1 saturated heterocycles. The maximum absolute atomic E-state index is 12.5. The summed E-state index contributed by atoms with van der Waals surface area (Å²) in [4.78, 5) is 18.3. The number of rotatable bonds is 7. The van der Waals surface area contributed by atoms with Crippen LogP contribution in [0.25, 0.3) is 0 Å². The van der Waals surface area contributed by atoms with E-state index in [-0.39, 0.29) is 18.1 Å². The number of ether oxygens (including phenoxy) is 2. The van der Waals surface area contributed by atoms with Crippen LogP contribution in [0.2, 0.25) is 0 Å². The third kappa shape index (κ3) is 5.10. The first kappa shape index (κ1) is 15.9. The van der Waals surface area contributed by atoms with Gasteiger partial charge in [-0.05, 0) is 38.8 Å². The fourth-order valence-electron chi connectivity index (χ4n) is 2.38. The Labute approximate surface area is 126 Å². The monoisotopic (exact) mass is 292 g/mol. The van der Waals surface area contributed by atoms with Crippen LogP contribution in [0, 0.1) is 0 Å². The molecule has 116 valence electrons. The third-order valence-electron chi connectivity index (χ3n) is 3.45. The molecule has 2 rings (SSSR count). The lowest BCUT2D eigenvalue weighted by Crippen LogP contribution is -2.38.